The van der Waals surface area contributed by atoms with Gasteiger partial charge >= 0.3 is 0 Å². The quantitative estimate of drug-likeness (QED) is 0.304. The van der Waals surface area contributed by atoms with Gasteiger partial charge in [0.1, 0.15) is 31.3 Å². The fraction of sp³-hybridized carbons (Fsp3) is 0.400. The summed E-state index contributed by atoms with van der Waals surface area (Å²) in [6.07, 6.45) is 2.98. The third kappa shape index (κ3) is 5.91. The number of fused-ring (bicyclic) bond motifs is 1. The first-order valence-corrected chi connectivity index (χ1v) is 14.4. The zero-order valence-electron chi connectivity index (χ0n) is 21.1. The predicted molar refractivity (Wildman–Crippen MR) is 150 cm³/mol. The van der Waals surface area contributed by atoms with Crippen LogP contribution in [0.2, 0.25) is 5.02 Å². The summed E-state index contributed by atoms with van der Waals surface area (Å²) in [6, 6.07) is 16.0. The second-order valence-electron chi connectivity index (χ2n) is 10.2. The van der Waals surface area contributed by atoms with Crippen molar-refractivity contribution in [2.75, 3.05) is 32.9 Å². The molecule has 3 aromatic carbocycles. The average Bonchev–Trinajstić information content (AvgIpc) is 3.67. The Morgan fingerprint density at radius 3 is 2.58 bits per heavy atom. The van der Waals surface area contributed by atoms with E-state index < -0.39 is 0 Å². The van der Waals surface area contributed by atoms with Crippen LogP contribution in [0, 0.1) is 5.92 Å². The first-order valence-electron chi connectivity index (χ1n) is 13.2. The zero-order valence-corrected chi connectivity index (χ0v) is 23.5. The number of rotatable bonds is 9. The summed E-state index contributed by atoms with van der Waals surface area (Å²) in [5.41, 5.74) is 4.11. The molecule has 0 spiro atoms. The maximum atomic E-state index is 9.94. The molecule has 2 heterocycles. The Kier molecular flexibility index (Phi) is 7.70. The molecule has 0 amide bonds. The molecule has 3 aliphatic rings. The molecule has 6 rings (SSSR count). The van der Waals surface area contributed by atoms with Crippen LogP contribution in [-0.2, 0) is 13.2 Å². The van der Waals surface area contributed by atoms with E-state index in [1.54, 1.807) is 0 Å². The van der Waals surface area contributed by atoms with Crippen molar-refractivity contribution >= 4 is 27.5 Å². The van der Waals surface area contributed by atoms with Crippen molar-refractivity contribution in [1.82, 2.24) is 4.90 Å². The van der Waals surface area contributed by atoms with E-state index in [1.807, 2.05) is 42.5 Å². The van der Waals surface area contributed by atoms with Crippen LogP contribution < -0.4 is 18.9 Å². The summed E-state index contributed by atoms with van der Waals surface area (Å²) in [6.45, 7) is 4.41. The summed E-state index contributed by atoms with van der Waals surface area (Å²) in [5.74, 6) is 3.57. The monoisotopic (exact) mass is 599 g/mol. The van der Waals surface area contributed by atoms with Gasteiger partial charge in [0.25, 0.3) is 0 Å². The summed E-state index contributed by atoms with van der Waals surface area (Å²) in [5, 5.41) is 10.5. The van der Waals surface area contributed by atoms with Crippen molar-refractivity contribution in [2.45, 2.75) is 38.5 Å². The third-order valence-electron chi connectivity index (χ3n) is 7.24. The zero-order chi connectivity index (χ0) is 26.1. The van der Waals surface area contributed by atoms with E-state index in [0.29, 0.717) is 56.2 Å². The van der Waals surface area contributed by atoms with Gasteiger partial charge < -0.3 is 24.1 Å². The highest BCUT2D eigenvalue weighted by Crippen LogP contribution is 2.40. The fourth-order valence-corrected chi connectivity index (χ4v) is 5.76. The van der Waals surface area contributed by atoms with Crippen LogP contribution in [0.4, 0.5) is 0 Å². The molecule has 1 saturated carbocycles. The first-order chi connectivity index (χ1) is 18.5. The average molecular weight is 601 g/mol. The largest absolute Gasteiger partial charge is 0.493 e. The second-order valence-corrected chi connectivity index (χ2v) is 11.4. The number of hydrogen-bond acceptors (Lipinski definition) is 6. The van der Waals surface area contributed by atoms with E-state index in [1.165, 1.54) is 12.8 Å². The van der Waals surface area contributed by atoms with Gasteiger partial charge in [0.05, 0.1) is 17.7 Å². The highest BCUT2D eigenvalue weighted by atomic mass is 79.9. The fourth-order valence-electron chi connectivity index (χ4n) is 4.91. The molecule has 0 unspecified atom stereocenters. The van der Waals surface area contributed by atoms with Crippen LogP contribution in [0.5, 0.6) is 23.0 Å². The van der Waals surface area contributed by atoms with E-state index in [9.17, 15) is 5.11 Å². The number of halogens is 2. The molecule has 8 heteroatoms. The Balaban J connectivity index is 1.20. The topological polar surface area (TPSA) is 60.4 Å². The normalized spacial score (nSPS) is 19.0. The molecule has 6 nitrogen and oxygen atoms in total. The van der Waals surface area contributed by atoms with Gasteiger partial charge in [0, 0.05) is 41.3 Å². The van der Waals surface area contributed by atoms with Crippen molar-refractivity contribution < 1.29 is 24.1 Å². The number of aliphatic hydroxyl groups excluding tert-OH is 1. The third-order valence-corrected chi connectivity index (χ3v) is 8.47. The van der Waals surface area contributed by atoms with Crippen LogP contribution in [-0.4, -0.2) is 49.0 Å². The van der Waals surface area contributed by atoms with Gasteiger partial charge in [-0.25, -0.2) is 0 Å². The van der Waals surface area contributed by atoms with Crippen molar-refractivity contribution in [1.29, 1.82) is 0 Å². The lowest BCUT2D eigenvalue weighted by molar-refractivity contribution is 0.171. The first kappa shape index (κ1) is 25.8. The molecule has 2 fully saturated rings. The Morgan fingerprint density at radius 1 is 0.947 bits per heavy atom. The Labute approximate surface area is 236 Å². The minimum absolute atomic E-state index is 0.264. The van der Waals surface area contributed by atoms with Gasteiger partial charge in [-0.05, 0) is 70.4 Å². The SMILES string of the molecule is O[C@H]1CCN(Cc2cc(Cl)c(OCc3cccc(-c4ccc5c(c4)OCCO5)c3Br)cc2OCC2CC2)C1. The summed E-state index contributed by atoms with van der Waals surface area (Å²) < 4.78 is 24.9. The van der Waals surface area contributed by atoms with E-state index in [2.05, 4.69) is 26.9 Å². The molecule has 2 aliphatic heterocycles. The molecular weight excluding hydrogens is 570 g/mol. The van der Waals surface area contributed by atoms with E-state index in [-0.39, 0.29) is 6.10 Å². The van der Waals surface area contributed by atoms with E-state index in [4.69, 9.17) is 30.5 Å². The lowest BCUT2D eigenvalue weighted by atomic mass is 10.0. The van der Waals surface area contributed by atoms with E-state index in [0.717, 1.165) is 56.9 Å². The molecular formula is C30H31BrClNO5. The van der Waals surface area contributed by atoms with Crippen molar-refractivity contribution in [3.05, 3.63) is 69.2 Å². The number of nitrogens with zero attached hydrogens (tertiary/aromatic N) is 1. The lowest BCUT2D eigenvalue weighted by Crippen LogP contribution is -2.22. The number of benzene rings is 3. The van der Waals surface area contributed by atoms with Crippen molar-refractivity contribution in [3.63, 3.8) is 0 Å². The van der Waals surface area contributed by atoms with Crippen molar-refractivity contribution in [3.8, 4) is 34.1 Å². The number of likely N-dealkylation sites (tertiary alicyclic amines) is 1. The Bertz CT molecular complexity index is 1310. The van der Waals surface area contributed by atoms with Crippen LogP contribution in [0.1, 0.15) is 30.4 Å². The minimum Gasteiger partial charge on any atom is -0.493 e. The number of β-amino-alcohol motifs (C(OH)–C–C–N with tert-alkyl or cyclic N) is 1. The maximum absolute atomic E-state index is 9.94. The van der Waals surface area contributed by atoms with Gasteiger partial charge in [0.15, 0.2) is 11.5 Å². The highest BCUT2D eigenvalue weighted by molar-refractivity contribution is 9.10. The molecule has 3 aromatic rings. The van der Waals surface area contributed by atoms with Gasteiger partial charge in [-0.1, -0.05) is 35.9 Å². The minimum atomic E-state index is -0.264. The van der Waals surface area contributed by atoms with Gasteiger partial charge in [-0.2, -0.15) is 0 Å². The number of ether oxygens (including phenoxy) is 4. The summed E-state index contributed by atoms with van der Waals surface area (Å²) in [7, 11) is 0. The van der Waals surface area contributed by atoms with Crippen molar-refractivity contribution in [2.24, 2.45) is 5.92 Å². The van der Waals surface area contributed by atoms with Crippen LogP contribution in [0.15, 0.2) is 53.0 Å². The van der Waals surface area contributed by atoms with E-state index >= 15 is 0 Å². The standard InChI is InChI=1S/C30H31BrClNO5/c31-30-21(2-1-3-24(30)20-6-7-26-29(13-20)36-11-10-35-26)18-38-28-14-27(37-17-19-4-5-19)22(12-25(28)32)15-33-9-8-23(34)16-33/h1-3,6-7,12-14,19,23,34H,4-5,8-11,15-18H2/t23-/m0/s1. The highest BCUT2D eigenvalue weighted by Gasteiger charge is 2.25. The summed E-state index contributed by atoms with van der Waals surface area (Å²) in [4.78, 5) is 2.24. The lowest BCUT2D eigenvalue weighted by Gasteiger charge is -2.20. The molecule has 1 aliphatic carbocycles. The van der Waals surface area contributed by atoms with Crippen LogP contribution in [0.25, 0.3) is 11.1 Å². The molecule has 0 aromatic heterocycles. The smallest absolute Gasteiger partial charge is 0.161 e. The van der Waals surface area contributed by atoms with Gasteiger partial charge in [-0.15, -0.1) is 0 Å². The Hall–Kier alpha value is -2.45. The second kappa shape index (κ2) is 11.3. The van der Waals surface area contributed by atoms with Crippen LogP contribution >= 0.6 is 27.5 Å². The molecule has 200 valence electrons. The molecule has 0 bridgehead atoms. The predicted octanol–water partition coefficient (Wildman–Crippen LogP) is 6.48. The molecule has 1 atom stereocenters. The van der Waals surface area contributed by atoms with Crippen LogP contribution in [0.3, 0.4) is 0 Å². The molecule has 1 saturated heterocycles. The summed E-state index contributed by atoms with van der Waals surface area (Å²) >= 11 is 10.5. The Morgan fingerprint density at radius 2 is 1.79 bits per heavy atom. The molecule has 38 heavy (non-hydrogen) atoms. The van der Waals surface area contributed by atoms with Gasteiger partial charge in [0.2, 0.25) is 0 Å². The van der Waals surface area contributed by atoms with Gasteiger partial charge in [-0.3, -0.25) is 4.90 Å². The number of aliphatic hydroxyl groups is 1. The molecule has 1 N–H and O–H groups in total. The number of hydrogen-bond donors (Lipinski definition) is 1. The molecule has 0 radical (unpaired) electrons. The maximum Gasteiger partial charge on any atom is 0.161 e.